The van der Waals surface area contributed by atoms with E-state index in [9.17, 15) is 27.2 Å². The summed E-state index contributed by atoms with van der Waals surface area (Å²) in [5.41, 5.74) is -0.0707. The lowest BCUT2D eigenvalue weighted by Gasteiger charge is -2.33. The van der Waals surface area contributed by atoms with Gasteiger partial charge in [0.25, 0.3) is 5.91 Å². The third-order valence-electron chi connectivity index (χ3n) is 4.55. The largest absolute Gasteiger partial charge is 0.393 e. The van der Waals surface area contributed by atoms with E-state index in [1.807, 2.05) is 0 Å². The second-order valence-electron chi connectivity index (χ2n) is 6.53. The Labute approximate surface area is 154 Å². The SMILES string of the molecule is O=C(NCCCNC(=O)c1ccccc1F)N[C@H]1CCCC[C@@H]1C(F)(F)F. The van der Waals surface area contributed by atoms with E-state index in [2.05, 4.69) is 16.0 Å². The molecule has 1 saturated carbocycles. The summed E-state index contributed by atoms with van der Waals surface area (Å²) < 4.78 is 52.5. The van der Waals surface area contributed by atoms with Crippen molar-refractivity contribution in [2.75, 3.05) is 13.1 Å². The lowest BCUT2D eigenvalue weighted by atomic mass is 9.84. The van der Waals surface area contributed by atoms with Crippen LogP contribution in [0, 0.1) is 11.7 Å². The highest BCUT2D eigenvalue weighted by atomic mass is 19.4. The minimum absolute atomic E-state index is 0.0243. The molecule has 9 heteroatoms. The van der Waals surface area contributed by atoms with E-state index in [1.165, 1.54) is 18.2 Å². The van der Waals surface area contributed by atoms with Crippen molar-refractivity contribution in [3.63, 3.8) is 0 Å². The van der Waals surface area contributed by atoms with Crippen LogP contribution in [0.25, 0.3) is 0 Å². The zero-order chi connectivity index (χ0) is 19.9. The lowest BCUT2D eigenvalue weighted by Crippen LogP contribution is -2.50. The van der Waals surface area contributed by atoms with Gasteiger partial charge in [0.2, 0.25) is 0 Å². The maximum absolute atomic E-state index is 13.5. The number of carbonyl (C=O) groups excluding carboxylic acids is 2. The Balaban J connectivity index is 1.67. The standard InChI is InChI=1S/C18H23F4N3O2/c19-14-8-3-1-6-12(14)16(26)23-10-5-11-24-17(27)25-15-9-4-2-7-13(15)18(20,21)22/h1,3,6,8,13,15H,2,4-5,7,9-11H2,(H,23,26)(H2,24,25,27)/t13-,15-/m0/s1. The summed E-state index contributed by atoms with van der Waals surface area (Å²) in [5.74, 6) is -2.70. The molecule has 3 N–H and O–H groups in total. The van der Waals surface area contributed by atoms with E-state index in [0.717, 1.165) is 0 Å². The average molecular weight is 389 g/mol. The normalized spacial score (nSPS) is 20.0. The Morgan fingerprint density at radius 1 is 1.04 bits per heavy atom. The Hall–Kier alpha value is -2.32. The molecular weight excluding hydrogens is 366 g/mol. The molecule has 1 fully saturated rings. The van der Waals surface area contributed by atoms with Crippen molar-refractivity contribution in [2.24, 2.45) is 5.92 Å². The van der Waals surface area contributed by atoms with Gasteiger partial charge in [-0.05, 0) is 31.4 Å². The fourth-order valence-electron chi connectivity index (χ4n) is 3.15. The van der Waals surface area contributed by atoms with Gasteiger partial charge >= 0.3 is 12.2 Å². The third-order valence-corrected chi connectivity index (χ3v) is 4.55. The summed E-state index contributed by atoms with van der Waals surface area (Å²) in [6, 6.07) is 3.99. The minimum Gasteiger partial charge on any atom is -0.352 e. The second kappa shape index (κ2) is 9.57. The second-order valence-corrected chi connectivity index (χ2v) is 6.53. The van der Waals surface area contributed by atoms with Crippen LogP contribution in [-0.2, 0) is 0 Å². The van der Waals surface area contributed by atoms with Gasteiger partial charge in [0.15, 0.2) is 0 Å². The first-order valence-corrected chi connectivity index (χ1v) is 8.93. The number of halogens is 4. The van der Waals surface area contributed by atoms with Crippen LogP contribution in [0.4, 0.5) is 22.4 Å². The molecule has 0 spiro atoms. The quantitative estimate of drug-likeness (QED) is 0.516. The van der Waals surface area contributed by atoms with Crippen LogP contribution < -0.4 is 16.0 Å². The van der Waals surface area contributed by atoms with E-state index in [0.29, 0.717) is 25.7 Å². The van der Waals surface area contributed by atoms with Gasteiger partial charge in [-0.25, -0.2) is 9.18 Å². The Kier molecular flexibility index (Phi) is 7.44. The predicted molar refractivity (Wildman–Crippen MR) is 91.7 cm³/mol. The van der Waals surface area contributed by atoms with Crippen molar-refractivity contribution in [1.29, 1.82) is 0 Å². The molecule has 1 aliphatic rings. The fraction of sp³-hybridized carbons (Fsp3) is 0.556. The number of rotatable bonds is 6. The molecule has 1 aromatic rings. The number of alkyl halides is 3. The Bertz CT molecular complexity index is 652. The van der Waals surface area contributed by atoms with Crippen LogP contribution in [0.15, 0.2) is 24.3 Å². The molecule has 0 saturated heterocycles. The van der Waals surface area contributed by atoms with Crippen LogP contribution in [0.3, 0.4) is 0 Å². The van der Waals surface area contributed by atoms with Crippen molar-refractivity contribution in [3.8, 4) is 0 Å². The summed E-state index contributed by atoms with van der Waals surface area (Å²) in [6.07, 6.45) is -2.48. The molecule has 0 heterocycles. The van der Waals surface area contributed by atoms with Crippen LogP contribution >= 0.6 is 0 Å². The molecule has 27 heavy (non-hydrogen) atoms. The highest BCUT2D eigenvalue weighted by Crippen LogP contribution is 2.37. The molecule has 0 radical (unpaired) electrons. The van der Waals surface area contributed by atoms with E-state index in [-0.39, 0.29) is 25.1 Å². The number of carbonyl (C=O) groups is 2. The van der Waals surface area contributed by atoms with Gasteiger partial charge in [0.05, 0.1) is 11.5 Å². The van der Waals surface area contributed by atoms with Crippen LogP contribution in [0.5, 0.6) is 0 Å². The molecule has 5 nitrogen and oxygen atoms in total. The molecular formula is C18H23F4N3O2. The van der Waals surface area contributed by atoms with Gasteiger partial charge in [-0.2, -0.15) is 13.2 Å². The Morgan fingerprint density at radius 3 is 2.41 bits per heavy atom. The molecule has 0 aromatic heterocycles. The van der Waals surface area contributed by atoms with Crippen LogP contribution in [0.2, 0.25) is 0 Å². The zero-order valence-electron chi connectivity index (χ0n) is 14.7. The molecule has 0 bridgehead atoms. The fourth-order valence-corrected chi connectivity index (χ4v) is 3.15. The summed E-state index contributed by atoms with van der Waals surface area (Å²) in [5, 5.41) is 7.41. The number of urea groups is 1. The molecule has 1 aliphatic carbocycles. The summed E-state index contributed by atoms with van der Waals surface area (Å²) >= 11 is 0. The molecule has 1 aromatic carbocycles. The van der Waals surface area contributed by atoms with Gasteiger partial charge < -0.3 is 16.0 Å². The summed E-state index contributed by atoms with van der Waals surface area (Å²) in [7, 11) is 0. The van der Waals surface area contributed by atoms with Crippen molar-refractivity contribution in [2.45, 2.75) is 44.3 Å². The van der Waals surface area contributed by atoms with Crippen molar-refractivity contribution in [1.82, 2.24) is 16.0 Å². The van der Waals surface area contributed by atoms with E-state index in [1.54, 1.807) is 6.07 Å². The highest BCUT2D eigenvalue weighted by Gasteiger charge is 2.45. The summed E-state index contributed by atoms with van der Waals surface area (Å²) in [4.78, 5) is 23.6. The first kappa shape index (κ1) is 21.0. The summed E-state index contributed by atoms with van der Waals surface area (Å²) in [6.45, 7) is 0.370. The van der Waals surface area contributed by atoms with Crippen LogP contribution in [0.1, 0.15) is 42.5 Å². The first-order valence-electron chi connectivity index (χ1n) is 8.93. The van der Waals surface area contributed by atoms with E-state index in [4.69, 9.17) is 0 Å². The van der Waals surface area contributed by atoms with Crippen LogP contribution in [-0.4, -0.2) is 37.2 Å². The molecule has 3 amide bonds. The first-order chi connectivity index (χ1) is 12.8. The number of hydrogen-bond acceptors (Lipinski definition) is 2. The Morgan fingerprint density at radius 2 is 1.70 bits per heavy atom. The zero-order valence-corrected chi connectivity index (χ0v) is 14.7. The van der Waals surface area contributed by atoms with Gasteiger partial charge in [0, 0.05) is 19.1 Å². The van der Waals surface area contributed by atoms with Crippen molar-refractivity contribution in [3.05, 3.63) is 35.6 Å². The maximum Gasteiger partial charge on any atom is 0.393 e. The van der Waals surface area contributed by atoms with E-state index < -0.39 is 35.9 Å². The van der Waals surface area contributed by atoms with Crippen molar-refractivity contribution >= 4 is 11.9 Å². The topological polar surface area (TPSA) is 70.2 Å². The predicted octanol–water partition coefficient (Wildman–Crippen LogP) is 3.37. The average Bonchev–Trinajstić information content (AvgIpc) is 2.61. The van der Waals surface area contributed by atoms with Gasteiger partial charge in [-0.3, -0.25) is 4.79 Å². The number of amides is 3. The molecule has 2 atom stereocenters. The number of hydrogen-bond donors (Lipinski definition) is 3. The van der Waals surface area contributed by atoms with Crippen molar-refractivity contribution < 1.29 is 27.2 Å². The minimum atomic E-state index is -4.32. The third kappa shape index (κ3) is 6.41. The molecule has 0 aliphatic heterocycles. The van der Waals surface area contributed by atoms with Gasteiger partial charge in [-0.15, -0.1) is 0 Å². The van der Waals surface area contributed by atoms with E-state index >= 15 is 0 Å². The smallest absolute Gasteiger partial charge is 0.352 e. The monoisotopic (exact) mass is 389 g/mol. The molecule has 0 unspecified atom stereocenters. The lowest BCUT2D eigenvalue weighted by molar-refractivity contribution is -0.187. The highest BCUT2D eigenvalue weighted by molar-refractivity contribution is 5.94. The molecule has 2 rings (SSSR count). The van der Waals surface area contributed by atoms with Gasteiger partial charge in [0.1, 0.15) is 5.82 Å². The molecule has 150 valence electrons. The maximum atomic E-state index is 13.5. The van der Waals surface area contributed by atoms with Gasteiger partial charge in [-0.1, -0.05) is 25.0 Å². The number of nitrogens with one attached hydrogen (secondary N) is 3. The number of benzene rings is 1.